The summed E-state index contributed by atoms with van der Waals surface area (Å²) in [5.41, 5.74) is 5.86. The van der Waals surface area contributed by atoms with Crippen LogP contribution < -0.4 is 0 Å². The van der Waals surface area contributed by atoms with Gasteiger partial charge in [-0.15, -0.1) is 32.9 Å². The number of rotatable bonds is 5. The van der Waals surface area contributed by atoms with Crippen molar-refractivity contribution in [2.75, 3.05) is 0 Å². The Kier molecular flexibility index (Phi) is 5.38. The maximum absolute atomic E-state index is 4.70. The van der Waals surface area contributed by atoms with Gasteiger partial charge in [0.15, 0.2) is 0 Å². The summed E-state index contributed by atoms with van der Waals surface area (Å²) < 4.78 is 0. The molecule has 0 saturated heterocycles. The number of hydrogen-bond donors (Lipinski definition) is 0. The molecule has 136 valence electrons. The number of aryl methyl sites for hydroxylation is 3. The largest absolute Gasteiger partial charge is 0.240 e. The van der Waals surface area contributed by atoms with Gasteiger partial charge in [-0.3, -0.25) is 0 Å². The van der Waals surface area contributed by atoms with Crippen LogP contribution in [0.4, 0.5) is 0 Å². The van der Waals surface area contributed by atoms with Crippen LogP contribution in [0.3, 0.4) is 0 Å². The minimum atomic E-state index is 0.892. The zero-order valence-corrected chi connectivity index (χ0v) is 17.8. The van der Waals surface area contributed by atoms with Crippen LogP contribution in [0, 0.1) is 20.8 Å². The maximum Gasteiger partial charge on any atom is 0.134 e. The third kappa shape index (κ3) is 4.13. The van der Waals surface area contributed by atoms with Gasteiger partial charge in [0, 0.05) is 5.75 Å². The lowest BCUT2D eigenvalue weighted by Gasteiger charge is -2.06. The second-order valence-electron chi connectivity index (χ2n) is 6.39. The molecule has 0 radical (unpaired) electrons. The molecule has 1 aromatic carbocycles. The Morgan fingerprint density at radius 2 is 1.89 bits per heavy atom. The summed E-state index contributed by atoms with van der Waals surface area (Å²) in [7, 11) is 0. The molecule has 3 heterocycles. The maximum atomic E-state index is 4.70. The van der Waals surface area contributed by atoms with E-state index in [1.54, 1.807) is 34.4 Å². The predicted molar refractivity (Wildman–Crippen MR) is 117 cm³/mol. The zero-order chi connectivity index (χ0) is 18.8. The van der Waals surface area contributed by atoms with Crippen molar-refractivity contribution in [1.82, 2.24) is 15.2 Å². The van der Waals surface area contributed by atoms with E-state index in [0.29, 0.717) is 0 Å². The first kappa shape index (κ1) is 18.3. The Morgan fingerprint density at radius 1 is 1.00 bits per heavy atom. The highest BCUT2D eigenvalue weighted by Gasteiger charge is 2.13. The van der Waals surface area contributed by atoms with Gasteiger partial charge in [-0.2, -0.15) is 0 Å². The van der Waals surface area contributed by atoms with Crippen LogP contribution in [0.25, 0.3) is 20.5 Å². The van der Waals surface area contributed by atoms with E-state index in [4.69, 9.17) is 4.98 Å². The Morgan fingerprint density at radius 3 is 2.63 bits per heavy atom. The molecule has 0 atom stereocenters. The molecule has 4 aromatic rings. The van der Waals surface area contributed by atoms with Gasteiger partial charge in [0.05, 0.1) is 15.4 Å². The fraction of sp³-hybridized carbons (Fsp3) is 0.190. The van der Waals surface area contributed by atoms with Crippen LogP contribution in [-0.2, 0) is 5.75 Å². The summed E-state index contributed by atoms with van der Waals surface area (Å²) >= 11 is 5.11. The standard InChI is InChI=1S/C21H19N3S3/c1-13-6-7-14(2)16(11-13)12-26-19-9-8-17(23-24-19)20-15(3)22-21(27-20)18-5-4-10-25-18/h4-11H,12H2,1-3H3. The second kappa shape index (κ2) is 7.92. The first-order chi connectivity index (χ1) is 13.1. The Bertz CT molecular complexity index is 1050. The first-order valence-corrected chi connectivity index (χ1v) is 11.3. The van der Waals surface area contributed by atoms with Crippen molar-refractivity contribution in [3.8, 4) is 20.5 Å². The Hall–Kier alpha value is -2.02. The molecule has 0 unspecified atom stereocenters. The number of nitrogens with zero attached hydrogens (tertiary/aromatic N) is 3. The van der Waals surface area contributed by atoms with E-state index in [1.807, 2.05) is 6.92 Å². The number of hydrogen-bond acceptors (Lipinski definition) is 6. The van der Waals surface area contributed by atoms with E-state index in [-0.39, 0.29) is 0 Å². The van der Waals surface area contributed by atoms with Crippen molar-refractivity contribution in [1.29, 1.82) is 0 Å². The molecule has 0 aliphatic carbocycles. The Labute approximate surface area is 171 Å². The van der Waals surface area contributed by atoms with Gasteiger partial charge >= 0.3 is 0 Å². The van der Waals surface area contributed by atoms with E-state index in [1.165, 1.54) is 21.6 Å². The quantitative estimate of drug-likeness (QED) is 0.351. The monoisotopic (exact) mass is 409 g/mol. The van der Waals surface area contributed by atoms with Crippen LogP contribution in [-0.4, -0.2) is 15.2 Å². The van der Waals surface area contributed by atoms with Crippen LogP contribution in [0.1, 0.15) is 22.4 Å². The van der Waals surface area contributed by atoms with Gasteiger partial charge in [0.2, 0.25) is 0 Å². The minimum absolute atomic E-state index is 0.892. The third-order valence-electron chi connectivity index (χ3n) is 4.28. The number of aromatic nitrogens is 3. The van der Waals surface area contributed by atoms with Crippen molar-refractivity contribution < 1.29 is 0 Å². The summed E-state index contributed by atoms with van der Waals surface area (Å²) in [5, 5.41) is 13.0. The minimum Gasteiger partial charge on any atom is -0.240 e. The van der Waals surface area contributed by atoms with E-state index in [9.17, 15) is 0 Å². The van der Waals surface area contributed by atoms with E-state index < -0.39 is 0 Å². The lowest BCUT2D eigenvalue weighted by atomic mass is 10.1. The summed E-state index contributed by atoms with van der Waals surface area (Å²) in [5.74, 6) is 0.906. The normalized spacial score (nSPS) is 11.1. The highest BCUT2D eigenvalue weighted by Crippen LogP contribution is 2.36. The number of benzene rings is 1. The molecular formula is C21H19N3S3. The fourth-order valence-electron chi connectivity index (χ4n) is 2.77. The van der Waals surface area contributed by atoms with Crippen molar-refractivity contribution in [2.45, 2.75) is 31.6 Å². The van der Waals surface area contributed by atoms with E-state index in [2.05, 4.69) is 71.9 Å². The highest BCUT2D eigenvalue weighted by atomic mass is 32.2. The van der Waals surface area contributed by atoms with Crippen LogP contribution in [0.5, 0.6) is 0 Å². The average Bonchev–Trinajstić information content (AvgIpc) is 3.33. The van der Waals surface area contributed by atoms with Gasteiger partial charge in [-0.25, -0.2) is 4.98 Å². The van der Waals surface area contributed by atoms with Crippen molar-refractivity contribution in [3.05, 3.63) is 70.2 Å². The third-order valence-corrected chi connectivity index (χ3v) is 7.47. The number of thiazole rings is 1. The van der Waals surface area contributed by atoms with Crippen molar-refractivity contribution >= 4 is 34.4 Å². The Balaban J connectivity index is 1.50. The molecule has 0 spiro atoms. The summed E-state index contributed by atoms with van der Waals surface area (Å²) in [6.07, 6.45) is 0. The predicted octanol–water partition coefficient (Wildman–Crippen LogP) is 6.55. The van der Waals surface area contributed by atoms with E-state index >= 15 is 0 Å². The summed E-state index contributed by atoms with van der Waals surface area (Å²) in [6, 6.07) is 14.8. The van der Waals surface area contributed by atoms with Gasteiger partial charge in [-0.1, -0.05) is 41.6 Å². The molecule has 3 aromatic heterocycles. The van der Waals surface area contributed by atoms with Crippen molar-refractivity contribution in [2.24, 2.45) is 0 Å². The average molecular weight is 410 g/mol. The molecule has 0 aliphatic heterocycles. The smallest absolute Gasteiger partial charge is 0.134 e. The molecule has 6 heteroatoms. The molecule has 4 rings (SSSR count). The van der Waals surface area contributed by atoms with Gasteiger partial charge < -0.3 is 0 Å². The topological polar surface area (TPSA) is 38.7 Å². The van der Waals surface area contributed by atoms with Crippen LogP contribution in [0.15, 0.2) is 52.9 Å². The lowest BCUT2D eigenvalue weighted by Crippen LogP contribution is -1.91. The molecule has 0 saturated carbocycles. The highest BCUT2D eigenvalue weighted by molar-refractivity contribution is 7.98. The molecule has 0 amide bonds. The van der Waals surface area contributed by atoms with Crippen LogP contribution >= 0.6 is 34.4 Å². The number of thioether (sulfide) groups is 1. The van der Waals surface area contributed by atoms with Gasteiger partial charge in [0.1, 0.15) is 15.7 Å². The zero-order valence-electron chi connectivity index (χ0n) is 15.4. The number of thiophene rings is 1. The summed E-state index contributed by atoms with van der Waals surface area (Å²) in [4.78, 5) is 6.99. The van der Waals surface area contributed by atoms with Gasteiger partial charge in [-0.05, 0) is 55.5 Å². The van der Waals surface area contributed by atoms with Gasteiger partial charge in [0.25, 0.3) is 0 Å². The molecule has 3 nitrogen and oxygen atoms in total. The van der Waals surface area contributed by atoms with Crippen molar-refractivity contribution in [3.63, 3.8) is 0 Å². The molecule has 0 bridgehead atoms. The second-order valence-corrected chi connectivity index (χ2v) is 9.33. The lowest BCUT2D eigenvalue weighted by molar-refractivity contribution is 0.935. The molecular weight excluding hydrogens is 390 g/mol. The van der Waals surface area contributed by atoms with E-state index in [0.717, 1.165) is 32.1 Å². The molecule has 0 N–H and O–H groups in total. The molecule has 0 aliphatic rings. The fourth-order valence-corrected chi connectivity index (χ4v) is 5.47. The molecule has 27 heavy (non-hydrogen) atoms. The first-order valence-electron chi connectivity index (χ1n) is 8.64. The van der Waals surface area contributed by atoms with Crippen LogP contribution in [0.2, 0.25) is 0 Å². The SMILES string of the molecule is Cc1ccc(C)c(CSc2ccc(-c3sc(-c4cccs4)nc3C)nn2)c1. The molecule has 0 fully saturated rings. The summed E-state index contributed by atoms with van der Waals surface area (Å²) in [6.45, 7) is 6.32.